The van der Waals surface area contributed by atoms with Crippen molar-refractivity contribution in [2.24, 2.45) is 5.92 Å². The largest absolute Gasteiger partial charge is 0.416 e. The predicted molar refractivity (Wildman–Crippen MR) is 142 cm³/mol. The number of allylic oxidation sites excluding steroid dienone is 1. The Labute approximate surface area is 221 Å². The van der Waals surface area contributed by atoms with E-state index >= 15 is 0 Å². The summed E-state index contributed by atoms with van der Waals surface area (Å²) in [5.74, 6) is 0.902. The zero-order valence-electron chi connectivity index (χ0n) is 20.0. The second kappa shape index (κ2) is 10.1. The fraction of sp³-hybridized carbons (Fsp3) is 0.346. The molecule has 0 radical (unpaired) electrons. The molecule has 1 aromatic heterocycles. The summed E-state index contributed by atoms with van der Waals surface area (Å²) >= 11 is 0.871. The molecule has 7 nitrogen and oxygen atoms in total. The smallest absolute Gasteiger partial charge is 0.289 e. The highest BCUT2D eigenvalue weighted by atomic mass is 32.2. The Morgan fingerprint density at radius 3 is 2.37 bits per heavy atom. The number of nitro groups is 2. The number of hydrogen-bond acceptors (Lipinski definition) is 6. The predicted octanol–water partition coefficient (Wildman–Crippen LogP) is 7.88. The van der Waals surface area contributed by atoms with Crippen molar-refractivity contribution in [1.82, 2.24) is 0 Å². The molecule has 2 aromatic carbocycles. The summed E-state index contributed by atoms with van der Waals surface area (Å²) in [7, 11) is -1.48. The SMILES string of the molecule is O=c1cc([SH]2CC=C(CC3CCCCC3)c3cccc([N+](=O)[O-])c32)sc2c([N+](=O)[O-])cc(C(F)(F)F)cc12. The van der Waals surface area contributed by atoms with Crippen molar-refractivity contribution in [3.05, 3.63) is 84.1 Å². The van der Waals surface area contributed by atoms with Crippen molar-refractivity contribution in [2.75, 3.05) is 5.75 Å². The first kappa shape index (κ1) is 26.4. The molecule has 200 valence electrons. The lowest BCUT2D eigenvalue weighted by molar-refractivity contribution is -0.387. The average Bonchev–Trinajstić information content (AvgIpc) is 2.87. The lowest BCUT2D eigenvalue weighted by atomic mass is 9.83. The first-order valence-electron chi connectivity index (χ1n) is 12.1. The fourth-order valence-electron chi connectivity index (χ4n) is 5.38. The molecule has 1 aliphatic heterocycles. The van der Waals surface area contributed by atoms with E-state index in [-0.39, 0.29) is 15.8 Å². The highest BCUT2D eigenvalue weighted by Crippen LogP contribution is 2.57. The van der Waals surface area contributed by atoms with Crippen LogP contribution in [-0.2, 0) is 6.18 Å². The van der Waals surface area contributed by atoms with Gasteiger partial charge in [0.15, 0.2) is 5.43 Å². The summed E-state index contributed by atoms with van der Waals surface area (Å²) < 4.78 is 40.3. The number of halogens is 3. The van der Waals surface area contributed by atoms with Crippen LogP contribution in [0.1, 0.15) is 49.7 Å². The van der Waals surface area contributed by atoms with Gasteiger partial charge < -0.3 is 0 Å². The van der Waals surface area contributed by atoms with E-state index in [2.05, 4.69) is 6.08 Å². The van der Waals surface area contributed by atoms with Gasteiger partial charge in [-0.1, -0.05) is 50.3 Å². The number of non-ortho nitro benzene ring substituents is 1. The van der Waals surface area contributed by atoms with Crippen LogP contribution in [0.4, 0.5) is 24.5 Å². The van der Waals surface area contributed by atoms with E-state index in [4.69, 9.17) is 0 Å². The van der Waals surface area contributed by atoms with Gasteiger partial charge in [-0.25, -0.2) is 0 Å². The van der Waals surface area contributed by atoms with Gasteiger partial charge in [0.05, 0.1) is 20.3 Å². The minimum atomic E-state index is -4.86. The van der Waals surface area contributed by atoms with E-state index in [9.17, 15) is 38.2 Å². The van der Waals surface area contributed by atoms with Gasteiger partial charge in [-0.3, -0.25) is 25.0 Å². The van der Waals surface area contributed by atoms with Crippen molar-refractivity contribution < 1.29 is 23.0 Å². The third-order valence-corrected chi connectivity index (χ3v) is 11.3. The molecule has 1 saturated carbocycles. The van der Waals surface area contributed by atoms with E-state index < -0.39 is 43.6 Å². The third-order valence-electron chi connectivity index (χ3n) is 7.17. The van der Waals surface area contributed by atoms with Crippen LogP contribution in [0.3, 0.4) is 0 Å². The number of fused-ring (bicyclic) bond motifs is 2. The molecule has 0 bridgehead atoms. The summed E-state index contributed by atoms with van der Waals surface area (Å²) in [4.78, 5) is 35.9. The Balaban J connectivity index is 1.66. The summed E-state index contributed by atoms with van der Waals surface area (Å²) in [5, 5.41) is 23.4. The van der Waals surface area contributed by atoms with Crippen LogP contribution in [0.5, 0.6) is 0 Å². The van der Waals surface area contributed by atoms with Crippen LogP contribution >= 0.6 is 22.2 Å². The molecule has 5 rings (SSSR count). The van der Waals surface area contributed by atoms with Crippen LogP contribution in [0.25, 0.3) is 15.7 Å². The monoisotopic (exact) mass is 564 g/mol. The van der Waals surface area contributed by atoms with Crippen LogP contribution < -0.4 is 5.43 Å². The molecule has 0 N–H and O–H groups in total. The van der Waals surface area contributed by atoms with E-state index in [1.165, 1.54) is 18.6 Å². The van der Waals surface area contributed by atoms with Crippen LogP contribution in [0, 0.1) is 26.1 Å². The maximum atomic E-state index is 13.4. The van der Waals surface area contributed by atoms with Gasteiger partial charge in [0, 0.05) is 33.5 Å². The molecule has 0 saturated heterocycles. The second-order valence-electron chi connectivity index (χ2n) is 9.55. The molecule has 38 heavy (non-hydrogen) atoms. The molecule has 2 aliphatic rings. The summed E-state index contributed by atoms with van der Waals surface area (Å²) in [5.41, 5.74) is -1.14. The van der Waals surface area contributed by atoms with E-state index in [1.807, 2.05) is 6.07 Å². The minimum absolute atomic E-state index is 0.0791. The molecule has 3 aromatic rings. The molecule has 1 aliphatic carbocycles. The number of rotatable bonds is 5. The second-order valence-corrected chi connectivity index (χ2v) is 13.1. The number of alkyl halides is 3. The molecule has 0 spiro atoms. The van der Waals surface area contributed by atoms with Crippen LogP contribution in [-0.4, -0.2) is 15.6 Å². The molecule has 1 atom stereocenters. The van der Waals surface area contributed by atoms with Crippen molar-refractivity contribution in [3.8, 4) is 0 Å². The first-order valence-corrected chi connectivity index (χ1v) is 14.5. The molecule has 1 unspecified atom stereocenters. The number of benzene rings is 2. The molecular weight excluding hydrogens is 541 g/mol. The van der Waals surface area contributed by atoms with Crippen molar-refractivity contribution >= 4 is 49.3 Å². The van der Waals surface area contributed by atoms with Gasteiger partial charge >= 0.3 is 6.18 Å². The van der Waals surface area contributed by atoms with Gasteiger partial charge in [0.25, 0.3) is 11.4 Å². The Bertz CT molecular complexity index is 1540. The summed E-state index contributed by atoms with van der Waals surface area (Å²) in [6, 6.07) is 7.17. The van der Waals surface area contributed by atoms with Gasteiger partial charge in [0.1, 0.15) is 4.70 Å². The van der Waals surface area contributed by atoms with Gasteiger partial charge in [-0.05, 0) is 29.5 Å². The highest BCUT2D eigenvalue weighted by molar-refractivity contribution is 8.18. The number of nitrogens with zero attached hydrogens (tertiary/aromatic N) is 2. The quantitative estimate of drug-likeness (QED) is 0.193. The summed E-state index contributed by atoms with van der Waals surface area (Å²) in [6.45, 7) is 0. The molecule has 1 fully saturated rings. The molecular formula is C26H23F3N2O5S2. The van der Waals surface area contributed by atoms with Crippen LogP contribution in [0.15, 0.2) is 56.4 Å². The fourth-order valence-corrected chi connectivity index (χ4v) is 9.68. The Hall–Kier alpha value is -3.25. The van der Waals surface area contributed by atoms with Gasteiger partial charge in [-0.2, -0.15) is 24.1 Å². The van der Waals surface area contributed by atoms with Gasteiger partial charge in [-0.15, -0.1) is 11.3 Å². The van der Waals surface area contributed by atoms with Crippen LogP contribution in [0.2, 0.25) is 0 Å². The van der Waals surface area contributed by atoms with Crippen molar-refractivity contribution in [1.29, 1.82) is 0 Å². The minimum Gasteiger partial charge on any atom is -0.289 e. The summed E-state index contributed by atoms with van der Waals surface area (Å²) in [6.07, 6.45) is 3.73. The van der Waals surface area contributed by atoms with E-state index in [1.54, 1.807) is 6.07 Å². The highest BCUT2D eigenvalue weighted by Gasteiger charge is 2.35. The Kier molecular flexibility index (Phi) is 7.03. The van der Waals surface area contributed by atoms with Crippen molar-refractivity contribution in [2.45, 2.75) is 53.8 Å². The number of hydrogen-bond donors (Lipinski definition) is 1. The molecule has 0 amide bonds. The zero-order valence-corrected chi connectivity index (χ0v) is 21.7. The average molecular weight is 565 g/mol. The first-order chi connectivity index (χ1) is 18.0. The number of thiol groups is 1. The van der Waals surface area contributed by atoms with E-state index in [0.717, 1.165) is 54.6 Å². The van der Waals surface area contributed by atoms with E-state index in [0.29, 0.717) is 32.9 Å². The normalized spacial score (nSPS) is 19.1. The molecule has 12 heteroatoms. The maximum absolute atomic E-state index is 13.4. The number of nitro benzene ring substituents is 2. The Morgan fingerprint density at radius 2 is 1.71 bits per heavy atom. The van der Waals surface area contributed by atoms with Crippen molar-refractivity contribution in [3.63, 3.8) is 0 Å². The maximum Gasteiger partial charge on any atom is 0.416 e. The molecule has 2 heterocycles. The third kappa shape index (κ3) is 4.94. The lowest BCUT2D eigenvalue weighted by Crippen LogP contribution is -2.12. The topological polar surface area (TPSA) is 103 Å². The lowest BCUT2D eigenvalue weighted by Gasteiger charge is -2.30. The van der Waals surface area contributed by atoms with Gasteiger partial charge in [0.2, 0.25) is 0 Å². The standard InChI is InChI=1S/C26H23F3N2O5S2/c27-26(28,29)17-12-19-22(32)14-23(37-24(19)21(13-17)31(35)36)38-10-9-16(11-15-5-2-1-3-6-15)18-7-4-8-20(25(18)38)30(33)34/h4,7-9,12-15,38H,1-3,5-6,10-11H2. The zero-order chi connectivity index (χ0) is 27.2. The Morgan fingerprint density at radius 1 is 1.00 bits per heavy atom.